The molecule has 6 heteroatoms. The summed E-state index contributed by atoms with van der Waals surface area (Å²) in [7, 11) is 0.760. The molecule has 0 aromatic heterocycles. The SMILES string of the molecule is CCS(=O)CCNCC(=O)Nc1ccccc1OC. The smallest absolute Gasteiger partial charge is 0.238 e. The third-order valence-electron chi connectivity index (χ3n) is 2.50. The lowest BCUT2D eigenvalue weighted by Crippen LogP contribution is -2.31. The van der Waals surface area contributed by atoms with Crippen molar-refractivity contribution >= 4 is 22.4 Å². The monoisotopic (exact) mass is 284 g/mol. The predicted octanol–water partition coefficient (Wildman–Crippen LogP) is 0.992. The highest BCUT2D eigenvalue weighted by Crippen LogP contribution is 2.22. The minimum Gasteiger partial charge on any atom is -0.495 e. The molecule has 0 fully saturated rings. The van der Waals surface area contributed by atoms with Gasteiger partial charge in [-0.2, -0.15) is 0 Å². The van der Waals surface area contributed by atoms with Crippen LogP contribution in [-0.4, -0.2) is 41.8 Å². The zero-order valence-electron chi connectivity index (χ0n) is 11.3. The first kappa shape index (κ1) is 15.7. The summed E-state index contributed by atoms with van der Waals surface area (Å²) < 4.78 is 16.3. The van der Waals surface area contributed by atoms with Gasteiger partial charge in [-0.05, 0) is 12.1 Å². The first-order valence-corrected chi connectivity index (χ1v) is 7.64. The van der Waals surface area contributed by atoms with Gasteiger partial charge < -0.3 is 15.4 Å². The van der Waals surface area contributed by atoms with Gasteiger partial charge in [0.2, 0.25) is 5.91 Å². The van der Waals surface area contributed by atoms with Crippen molar-refractivity contribution < 1.29 is 13.7 Å². The Morgan fingerprint density at radius 1 is 1.37 bits per heavy atom. The molecule has 1 amide bonds. The summed E-state index contributed by atoms with van der Waals surface area (Å²) in [6.07, 6.45) is 0. The summed E-state index contributed by atoms with van der Waals surface area (Å²) in [6.45, 7) is 2.64. The van der Waals surface area contributed by atoms with E-state index >= 15 is 0 Å². The molecule has 0 radical (unpaired) electrons. The second-order valence-corrected chi connectivity index (χ2v) is 5.72. The molecule has 0 bridgehead atoms. The summed E-state index contributed by atoms with van der Waals surface area (Å²) in [5.74, 6) is 1.70. The first-order chi connectivity index (χ1) is 9.17. The highest BCUT2D eigenvalue weighted by molar-refractivity contribution is 7.84. The molecule has 0 heterocycles. The van der Waals surface area contributed by atoms with Crippen LogP contribution >= 0.6 is 0 Å². The highest BCUT2D eigenvalue weighted by Gasteiger charge is 2.06. The second-order valence-electron chi connectivity index (χ2n) is 3.86. The van der Waals surface area contributed by atoms with E-state index in [0.29, 0.717) is 29.5 Å². The Hall–Kier alpha value is -1.40. The molecule has 0 saturated carbocycles. The summed E-state index contributed by atoms with van der Waals surface area (Å²) >= 11 is 0. The van der Waals surface area contributed by atoms with Crippen molar-refractivity contribution in [3.8, 4) is 5.75 Å². The van der Waals surface area contributed by atoms with Gasteiger partial charge >= 0.3 is 0 Å². The maximum atomic E-state index is 11.7. The maximum absolute atomic E-state index is 11.7. The van der Waals surface area contributed by atoms with Gasteiger partial charge in [-0.25, -0.2) is 0 Å². The van der Waals surface area contributed by atoms with Gasteiger partial charge in [0.05, 0.1) is 19.3 Å². The third-order valence-corrected chi connectivity index (χ3v) is 3.80. The fourth-order valence-electron chi connectivity index (χ4n) is 1.47. The molecular formula is C13H20N2O3S. The molecule has 0 aliphatic carbocycles. The predicted molar refractivity (Wildman–Crippen MR) is 78.0 cm³/mol. The minimum absolute atomic E-state index is 0.146. The van der Waals surface area contributed by atoms with Crippen LogP contribution in [0.5, 0.6) is 5.75 Å². The summed E-state index contributed by atoms with van der Waals surface area (Å²) in [5, 5.41) is 5.72. The van der Waals surface area contributed by atoms with E-state index in [-0.39, 0.29) is 12.5 Å². The lowest BCUT2D eigenvalue weighted by Gasteiger charge is -2.10. The van der Waals surface area contributed by atoms with Crippen molar-refractivity contribution in [2.75, 3.05) is 37.0 Å². The Morgan fingerprint density at radius 3 is 2.79 bits per heavy atom. The van der Waals surface area contributed by atoms with E-state index in [0.717, 1.165) is 0 Å². The molecule has 2 N–H and O–H groups in total. The fourth-order valence-corrected chi connectivity index (χ4v) is 2.14. The quantitative estimate of drug-likeness (QED) is 0.699. The molecule has 1 aromatic rings. The molecule has 1 atom stereocenters. The molecule has 1 unspecified atom stereocenters. The lowest BCUT2D eigenvalue weighted by molar-refractivity contribution is -0.115. The number of nitrogens with one attached hydrogen (secondary N) is 2. The van der Waals surface area contributed by atoms with Crippen LogP contribution in [0.2, 0.25) is 0 Å². The molecule has 5 nitrogen and oxygen atoms in total. The molecule has 1 rings (SSSR count). The molecule has 0 saturated heterocycles. The van der Waals surface area contributed by atoms with Crippen LogP contribution in [0.15, 0.2) is 24.3 Å². The molecule has 0 aliphatic rings. The fraction of sp³-hybridized carbons (Fsp3) is 0.462. The van der Waals surface area contributed by atoms with E-state index in [2.05, 4.69) is 10.6 Å². The molecular weight excluding hydrogens is 264 g/mol. The van der Waals surface area contributed by atoms with E-state index in [9.17, 15) is 9.00 Å². The minimum atomic E-state index is -0.799. The number of methoxy groups -OCH3 is 1. The Balaban J connectivity index is 2.33. The van der Waals surface area contributed by atoms with Crippen molar-refractivity contribution in [1.29, 1.82) is 0 Å². The van der Waals surface area contributed by atoms with Crippen LogP contribution in [0.3, 0.4) is 0 Å². The van der Waals surface area contributed by atoms with E-state index < -0.39 is 10.8 Å². The Morgan fingerprint density at radius 2 is 2.11 bits per heavy atom. The average Bonchev–Trinajstić information content (AvgIpc) is 2.43. The summed E-state index contributed by atoms with van der Waals surface area (Å²) in [6, 6.07) is 7.24. The van der Waals surface area contributed by atoms with Gasteiger partial charge in [-0.1, -0.05) is 19.1 Å². The largest absolute Gasteiger partial charge is 0.495 e. The summed E-state index contributed by atoms with van der Waals surface area (Å²) in [5.41, 5.74) is 0.647. The molecule has 106 valence electrons. The van der Waals surface area contributed by atoms with Crippen molar-refractivity contribution in [1.82, 2.24) is 5.32 Å². The number of hydrogen-bond acceptors (Lipinski definition) is 4. The zero-order chi connectivity index (χ0) is 14.1. The zero-order valence-corrected chi connectivity index (χ0v) is 12.1. The Labute approximate surface area is 116 Å². The molecule has 0 aliphatic heterocycles. The van der Waals surface area contributed by atoms with Crippen LogP contribution in [0.4, 0.5) is 5.69 Å². The Kier molecular flexibility index (Phi) is 7.14. The van der Waals surface area contributed by atoms with Crippen LogP contribution in [0.1, 0.15) is 6.92 Å². The first-order valence-electron chi connectivity index (χ1n) is 6.16. The van der Waals surface area contributed by atoms with Gasteiger partial charge in [0.25, 0.3) is 0 Å². The number of carbonyl (C=O) groups excluding carboxylic acids is 1. The van der Waals surface area contributed by atoms with Crippen molar-refractivity contribution in [3.05, 3.63) is 24.3 Å². The van der Waals surface area contributed by atoms with Gasteiger partial charge in [-0.15, -0.1) is 0 Å². The average molecular weight is 284 g/mol. The van der Waals surface area contributed by atoms with Crippen LogP contribution in [0, 0.1) is 0 Å². The second kappa shape index (κ2) is 8.66. The topological polar surface area (TPSA) is 67.4 Å². The van der Waals surface area contributed by atoms with Crippen LogP contribution in [0.25, 0.3) is 0 Å². The van der Waals surface area contributed by atoms with Gasteiger partial charge in [0, 0.05) is 28.9 Å². The Bertz CT molecular complexity index is 438. The number of benzene rings is 1. The van der Waals surface area contributed by atoms with Gasteiger partial charge in [0.15, 0.2) is 0 Å². The van der Waals surface area contributed by atoms with Crippen molar-refractivity contribution in [2.24, 2.45) is 0 Å². The number of hydrogen-bond donors (Lipinski definition) is 2. The standard InChI is InChI=1S/C13H20N2O3S/c1-3-19(17)9-8-14-10-13(16)15-11-6-4-5-7-12(11)18-2/h4-7,14H,3,8-10H2,1-2H3,(H,15,16). The third kappa shape index (κ3) is 5.85. The number of rotatable bonds is 8. The molecule has 0 spiro atoms. The lowest BCUT2D eigenvalue weighted by atomic mass is 10.3. The van der Waals surface area contributed by atoms with E-state index in [1.807, 2.05) is 19.1 Å². The molecule has 1 aromatic carbocycles. The maximum Gasteiger partial charge on any atom is 0.238 e. The number of amides is 1. The number of anilines is 1. The molecule has 19 heavy (non-hydrogen) atoms. The van der Waals surface area contributed by atoms with Crippen LogP contribution in [-0.2, 0) is 15.6 Å². The number of carbonyl (C=O) groups is 1. The van der Waals surface area contributed by atoms with Crippen molar-refractivity contribution in [3.63, 3.8) is 0 Å². The van der Waals surface area contributed by atoms with Crippen LogP contribution < -0.4 is 15.4 Å². The van der Waals surface area contributed by atoms with E-state index in [1.165, 1.54) is 0 Å². The normalized spacial score (nSPS) is 11.9. The van der Waals surface area contributed by atoms with Gasteiger partial charge in [-0.3, -0.25) is 9.00 Å². The number of para-hydroxylation sites is 2. The van der Waals surface area contributed by atoms with E-state index in [1.54, 1.807) is 19.2 Å². The van der Waals surface area contributed by atoms with Gasteiger partial charge in [0.1, 0.15) is 5.75 Å². The summed E-state index contributed by atoms with van der Waals surface area (Å²) in [4.78, 5) is 11.7. The van der Waals surface area contributed by atoms with Crippen molar-refractivity contribution in [2.45, 2.75) is 6.92 Å². The highest BCUT2D eigenvalue weighted by atomic mass is 32.2. The number of ether oxygens (including phenoxy) is 1. The van der Waals surface area contributed by atoms with E-state index in [4.69, 9.17) is 4.74 Å².